The Balaban J connectivity index is 1.77. The van der Waals surface area contributed by atoms with E-state index < -0.39 is 10.0 Å². The molecule has 32 heavy (non-hydrogen) atoms. The van der Waals surface area contributed by atoms with Crippen LogP contribution in [0.4, 0.5) is 5.69 Å². The third-order valence-electron chi connectivity index (χ3n) is 4.84. The van der Waals surface area contributed by atoms with Gasteiger partial charge in [0, 0.05) is 18.5 Å². The van der Waals surface area contributed by atoms with Gasteiger partial charge in [-0.1, -0.05) is 35.9 Å². The van der Waals surface area contributed by atoms with E-state index in [1.807, 2.05) is 51.1 Å². The van der Waals surface area contributed by atoms with Gasteiger partial charge in [-0.25, -0.2) is 13.4 Å². The minimum atomic E-state index is -3.92. The highest BCUT2D eigenvalue weighted by atomic mass is 32.2. The minimum absolute atomic E-state index is 0.155. The largest absolute Gasteiger partial charge is 0.354 e. The molecule has 0 atom stereocenters. The molecule has 0 spiro atoms. The second-order valence-electron chi connectivity index (χ2n) is 7.48. The Morgan fingerprint density at radius 2 is 1.72 bits per heavy atom. The number of hydrogen-bond acceptors (Lipinski definition) is 5. The normalized spacial score (nSPS) is 11.2. The molecule has 0 unspecified atom stereocenters. The van der Waals surface area contributed by atoms with E-state index >= 15 is 0 Å². The van der Waals surface area contributed by atoms with Gasteiger partial charge < -0.3 is 5.32 Å². The number of nitrogens with one attached hydrogen (secondary N) is 1. The summed E-state index contributed by atoms with van der Waals surface area (Å²) in [7, 11) is -3.92. The van der Waals surface area contributed by atoms with Crippen LogP contribution in [0.25, 0.3) is 0 Å². The number of thioether (sulfide) groups is 1. The second kappa shape index (κ2) is 10.7. The molecule has 8 heteroatoms. The topological polar surface area (TPSA) is 79.4 Å². The highest BCUT2D eigenvalue weighted by molar-refractivity contribution is 7.99. The van der Waals surface area contributed by atoms with Crippen molar-refractivity contribution in [3.05, 3.63) is 83.6 Å². The van der Waals surface area contributed by atoms with Gasteiger partial charge in [0.05, 0.1) is 15.6 Å². The lowest BCUT2D eigenvalue weighted by Gasteiger charge is -2.26. The Kier molecular flexibility index (Phi) is 7.93. The molecule has 0 aliphatic heterocycles. The van der Waals surface area contributed by atoms with Crippen molar-refractivity contribution in [3.8, 4) is 0 Å². The standard InChI is InChI=1S/C24H27N3O3S2/c1-18-8-11-21(12-9-18)32(29,30)27(22-16-19(2)7-10-20(22)3)17-23(28)25-14-15-31-24-6-4-5-13-26-24/h4-13,16H,14-15,17H2,1-3H3,(H,25,28). The first-order chi connectivity index (χ1) is 15.3. The van der Waals surface area contributed by atoms with Gasteiger partial charge in [-0.3, -0.25) is 9.10 Å². The molecule has 0 aliphatic rings. The number of amides is 1. The van der Waals surface area contributed by atoms with Crippen LogP contribution in [0.5, 0.6) is 0 Å². The second-order valence-corrected chi connectivity index (χ2v) is 10.5. The molecule has 1 aromatic heterocycles. The van der Waals surface area contributed by atoms with Crippen LogP contribution in [-0.4, -0.2) is 38.2 Å². The summed E-state index contributed by atoms with van der Waals surface area (Å²) in [5, 5.41) is 3.70. The van der Waals surface area contributed by atoms with Crippen LogP contribution in [0.15, 0.2) is 76.8 Å². The number of rotatable bonds is 9. The van der Waals surface area contributed by atoms with Crippen LogP contribution >= 0.6 is 11.8 Å². The number of sulfonamides is 1. The molecule has 0 bridgehead atoms. The molecule has 0 saturated heterocycles. The van der Waals surface area contributed by atoms with E-state index in [9.17, 15) is 13.2 Å². The van der Waals surface area contributed by atoms with Crippen LogP contribution in [0.3, 0.4) is 0 Å². The molecular formula is C24H27N3O3S2. The number of benzene rings is 2. The van der Waals surface area contributed by atoms with E-state index in [1.165, 1.54) is 16.1 Å². The fourth-order valence-electron chi connectivity index (χ4n) is 3.09. The van der Waals surface area contributed by atoms with Crippen LogP contribution in [0, 0.1) is 20.8 Å². The Hall–Kier alpha value is -2.84. The first-order valence-electron chi connectivity index (χ1n) is 10.2. The van der Waals surface area contributed by atoms with Crippen molar-refractivity contribution < 1.29 is 13.2 Å². The summed E-state index contributed by atoms with van der Waals surface area (Å²) in [6, 6.07) is 17.9. The number of aryl methyl sites for hydroxylation is 3. The van der Waals surface area contributed by atoms with Crippen LogP contribution in [0.2, 0.25) is 0 Å². The third kappa shape index (κ3) is 6.11. The number of hydrogen-bond donors (Lipinski definition) is 1. The summed E-state index contributed by atoms with van der Waals surface area (Å²) in [4.78, 5) is 17.1. The van der Waals surface area contributed by atoms with E-state index in [0.29, 0.717) is 18.0 Å². The molecule has 1 amide bonds. The van der Waals surface area contributed by atoms with Crippen LogP contribution in [-0.2, 0) is 14.8 Å². The zero-order valence-electron chi connectivity index (χ0n) is 18.4. The van der Waals surface area contributed by atoms with E-state index in [1.54, 1.807) is 36.5 Å². The maximum Gasteiger partial charge on any atom is 0.264 e. The summed E-state index contributed by atoms with van der Waals surface area (Å²) in [6.45, 7) is 5.75. The van der Waals surface area contributed by atoms with Gasteiger partial charge in [-0.2, -0.15) is 0 Å². The number of carbonyl (C=O) groups excluding carboxylic acids is 1. The summed E-state index contributed by atoms with van der Waals surface area (Å²) in [5.74, 6) is 0.278. The van der Waals surface area contributed by atoms with Gasteiger partial charge in [-0.05, 0) is 62.2 Å². The smallest absolute Gasteiger partial charge is 0.264 e. The molecule has 0 aliphatic carbocycles. The van der Waals surface area contributed by atoms with Gasteiger partial charge >= 0.3 is 0 Å². The zero-order valence-corrected chi connectivity index (χ0v) is 20.0. The van der Waals surface area contributed by atoms with Crippen LogP contribution in [0.1, 0.15) is 16.7 Å². The summed E-state index contributed by atoms with van der Waals surface area (Å²) >= 11 is 1.53. The van der Waals surface area contributed by atoms with Crippen LogP contribution < -0.4 is 9.62 Å². The highest BCUT2D eigenvalue weighted by Gasteiger charge is 2.28. The van der Waals surface area contributed by atoms with Crippen molar-refractivity contribution >= 4 is 33.4 Å². The van der Waals surface area contributed by atoms with Gasteiger partial charge in [0.15, 0.2) is 0 Å². The van der Waals surface area contributed by atoms with E-state index in [4.69, 9.17) is 0 Å². The molecule has 2 aromatic carbocycles. The SMILES string of the molecule is Cc1ccc(S(=O)(=O)N(CC(=O)NCCSc2ccccn2)c2cc(C)ccc2C)cc1. The molecule has 168 valence electrons. The van der Waals surface area contributed by atoms with Gasteiger partial charge in [0.1, 0.15) is 6.54 Å². The maximum atomic E-state index is 13.5. The van der Waals surface area contributed by atoms with Crippen molar-refractivity contribution in [2.24, 2.45) is 0 Å². The molecule has 1 heterocycles. The van der Waals surface area contributed by atoms with Gasteiger partial charge in [0.25, 0.3) is 10.0 Å². The van der Waals surface area contributed by atoms with E-state index in [2.05, 4.69) is 10.3 Å². The van der Waals surface area contributed by atoms with Crippen molar-refractivity contribution in [3.63, 3.8) is 0 Å². The predicted molar refractivity (Wildman–Crippen MR) is 130 cm³/mol. The third-order valence-corrected chi connectivity index (χ3v) is 7.56. The molecule has 1 N–H and O–H groups in total. The molecule has 0 saturated carbocycles. The lowest BCUT2D eigenvalue weighted by atomic mass is 10.1. The van der Waals surface area contributed by atoms with Gasteiger partial charge in [-0.15, -0.1) is 11.8 Å². The number of anilines is 1. The Bertz CT molecular complexity index is 1160. The number of aromatic nitrogens is 1. The van der Waals surface area contributed by atoms with E-state index in [-0.39, 0.29) is 17.3 Å². The predicted octanol–water partition coefficient (Wildman–Crippen LogP) is 4.11. The molecule has 0 fully saturated rings. The van der Waals surface area contributed by atoms with Crippen molar-refractivity contribution in [1.29, 1.82) is 0 Å². The summed E-state index contributed by atoms with van der Waals surface area (Å²) < 4.78 is 28.2. The maximum absolute atomic E-state index is 13.5. The first-order valence-corrected chi connectivity index (χ1v) is 12.7. The fourth-order valence-corrected chi connectivity index (χ4v) is 5.29. The van der Waals surface area contributed by atoms with Crippen molar-refractivity contribution in [2.45, 2.75) is 30.7 Å². The molecular weight excluding hydrogens is 442 g/mol. The Labute approximate surface area is 194 Å². The summed E-state index contributed by atoms with van der Waals surface area (Å²) in [6.07, 6.45) is 1.72. The lowest BCUT2D eigenvalue weighted by molar-refractivity contribution is -0.119. The fraction of sp³-hybridized carbons (Fsp3) is 0.250. The average Bonchev–Trinajstić information content (AvgIpc) is 2.78. The molecule has 3 rings (SSSR count). The molecule has 3 aromatic rings. The quantitative estimate of drug-likeness (QED) is 0.377. The van der Waals surface area contributed by atoms with Gasteiger partial charge in [0.2, 0.25) is 5.91 Å². The minimum Gasteiger partial charge on any atom is -0.354 e. The Morgan fingerprint density at radius 3 is 2.41 bits per heavy atom. The average molecular weight is 470 g/mol. The van der Waals surface area contributed by atoms with Crippen molar-refractivity contribution in [1.82, 2.24) is 10.3 Å². The monoisotopic (exact) mass is 469 g/mol. The zero-order chi connectivity index (χ0) is 23.1. The first kappa shape index (κ1) is 23.8. The molecule has 0 radical (unpaired) electrons. The molecule has 6 nitrogen and oxygen atoms in total. The lowest BCUT2D eigenvalue weighted by Crippen LogP contribution is -2.41. The summed E-state index contributed by atoms with van der Waals surface area (Å²) in [5.41, 5.74) is 3.17. The number of pyridine rings is 1. The highest BCUT2D eigenvalue weighted by Crippen LogP contribution is 2.28. The number of carbonyl (C=O) groups is 1. The van der Waals surface area contributed by atoms with E-state index in [0.717, 1.165) is 21.7 Å². The van der Waals surface area contributed by atoms with Crippen molar-refractivity contribution in [2.75, 3.05) is 23.1 Å². The Morgan fingerprint density at radius 1 is 1.00 bits per heavy atom. The number of nitrogens with zero attached hydrogens (tertiary/aromatic N) is 2.